The Morgan fingerprint density at radius 1 is 1.12 bits per heavy atom. The van der Waals surface area contributed by atoms with E-state index in [0.29, 0.717) is 24.2 Å². The summed E-state index contributed by atoms with van der Waals surface area (Å²) >= 11 is 0. The van der Waals surface area contributed by atoms with Gasteiger partial charge in [-0.2, -0.15) is 0 Å². The molecular weight excluding hydrogens is 436 g/mol. The lowest BCUT2D eigenvalue weighted by Crippen LogP contribution is -2.68. The number of carbonyl (C=O) groups excluding carboxylic acids is 3. The van der Waals surface area contributed by atoms with Crippen LogP contribution in [0.2, 0.25) is 0 Å². The maximum atomic E-state index is 13.5. The van der Waals surface area contributed by atoms with E-state index < -0.39 is 11.6 Å². The van der Waals surface area contributed by atoms with Gasteiger partial charge in [-0.1, -0.05) is 30.3 Å². The molecule has 0 saturated carbocycles. The molecule has 0 aliphatic carbocycles. The number of H-pyrrole nitrogens is 1. The van der Waals surface area contributed by atoms with Crippen LogP contribution in [-0.2, 0) is 20.9 Å². The molecule has 1 atom stereocenters. The molecule has 2 amide bonds. The lowest BCUT2D eigenvalue weighted by atomic mass is 9.96. The number of anilines is 1. The lowest BCUT2D eigenvalue weighted by Gasteiger charge is -2.48. The summed E-state index contributed by atoms with van der Waals surface area (Å²) in [6, 6.07) is 14.1. The van der Waals surface area contributed by atoms with E-state index in [-0.39, 0.29) is 43.5 Å². The molecule has 3 heterocycles. The van der Waals surface area contributed by atoms with E-state index in [9.17, 15) is 19.2 Å². The first-order valence-electron chi connectivity index (χ1n) is 11.2. The van der Waals surface area contributed by atoms with Gasteiger partial charge in [0.15, 0.2) is 0 Å². The Bertz CT molecular complexity index is 1370. The number of amides is 2. The monoisotopic (exact) mass is 460 g/mol. The number of rotatable bonds is 7. The fraction of sp³-hybridized carbons (Fsp3) is 0.280. The van der Waals surface area contributed by atoms with Crippen molar-refractivity contribution in [3.63, 3.8) is 0 Å². The quantitative estimate of drug-likeness (QED) is 0.331. The van der Waals surface area contributed by atoms with Gasteiger partial charge in [0.05, 0.1) is 28.9 Å². The van der Waals surface area contributed by atoms with Crippen molar-refractivity contribution >= 4 is 34.5 Å². The smallest absolute Gasteiger partial charge is 0.353 e. The molecule has 2 aromatic carbocycles. The summed E-state index contributed by atoms with van der Waals surface area (Å²) < 4.78 is 7.23. The van der Waals surface area contributed by atoms with E-state index in [2.05, 4.69) is 11.6 Å². The van der Waals surface area contributed by atoms with Crippen LogP contribution in [0, 0.1) is 0 Å². The van der Waals surface area contributed by atoms with Crippen LogP contribution < -0.4 is 10.6 Å². The number of esters is 1. The highest BCUT2D eigenvalue weighted by molar-refractivity contribution is 6.15. The fourth-order valence-electron chi connectivity index (χ4n) is 4.96. The summed E-state index contributed by atoms with van der Waals surface area (Å²) in [4.78, 5) is 57.6. The van der Waals surface area contributed by atoms with Crippen molar-refractivity contribution in [3.05, 3.63) is 77.2 Å². The van der Waals surface area contributed by atoms with Crippen LogP contribution in [0.3, 0.4) is 0 Å². The minimum atomic E-state index is -1.55. The Balaban J connectivity index is 1.38. The predicted molar refractivity (Wildman–Crippen MR) is 125 cm³/mol. The van der Waals surface area contributed by atoms with Crippen LogP contribution in [0.1, 0.15) is 29.6 Å². The zero-order valence-corrected chi connectivity index (χ0v) is 18.5. The molecule has 1 N–H and O–H groups in total. The van der Waals surface area contributed by atoms with Crippen molar-refractivity contribution in [2.75, 3.05) is 18.1 Å². The second-order valence-electron chi connectivity index (χ2n) is 8.36. The van der Waals surface area contributed by atoms with E-state index in [0.717, 1.165) is 11.0 Å². The Morgan fingerprint density at radius 3 is 2.71 bits per heavy atom. The molecule has 2 aliphatic rings. The summed E-state index contributed by atoms with van der Waals surface area (Å²) in [6.07, 6.45) is 2.18. The molecule has 3 aromatic rings. The molecule has 0 bridgehead atoms. The first-order valence-corrected chi connectivity index (χ1v) is 11.2. The van der Waals surface area contributed by atoms with Crippen molar-refractivity contribution in [3.8, 4) is 0 Å². The zero-order chi connectivity index (χ0) is 23.9. The van der Waals surface area contributed by atoms with Gasteiger partial charge in [0.25, 0.3) is 5.91 Å². The van der Waals surface area contributed by atoms with Gasteiger partial charge in [0.2, 0.25) is 11.6 Å². The van der Waals surface area contributed by atoms with E-state index in [1.165, 1.54) is 15.9 Å². The summed E-state index contributed by atoms with van der Waals surface area (Å²) in [5.41, 5.74) is 0.512. The lowest BCUT2D eigenvalue weighted by molar-refractivity contribution is -0.157. The minimum absolute atomic E-state index is 0.0341. The molecular formula is C25H24N4O5. The SMILES string of the molecule is C=CCN1C(=O)c2ccccc2N2C(=O)CCC12C(=O)OCCCn1c(=O)[nH]c2ccccc21. The number of imidazole rings is 1. The number of hydrogen-bond acceptors (Lipinski definition) is 5. The Morgan fingerprint density at radius 2 is 1.88 bits per heavy atom. The Kier molecular flexibility index (Phi) is 5.31. The second-order valence-corrected chi connectivity index (χ2v) is 8.36. The number of nitrogens with zero attached hydrogens (tertiary/aromatic N) is 3. The number of aromatic nitrogens is 2. The third kappa shape index (κ3) is 3.15. The molecule has 174 valence electrons. The van der Waals surface area contributed by atoms with Crippen LogP contribution >= 0.6 is 0 Å². The topological polar surface area (TPSA) is 105 Å². The zero-order valence-electron chi connectivity index (χ0n) is 18.5. The average molecular weight is 460 g/mol. The molecule has 9 heteroatoms. The van der Waals surface area contributed by atoms with Crippen LogP contribution in [0.15, 0.2) is 66.0 Å². The number of para-hydroxylation sites is 3. The third-order valence-electron chi connectivity index (χ3n) is 6.45. The average Bonchev–Trinajstić information content (AvgIpc) is 3.36. The minimum Gasteiger partial charge on any atom is -0.462 e. The largest absolute Gasteiger partial charge is 0.462 e. The van der Waals surface area contributed by atoms with Crippen molar-refractivity contribution < 1.29 is 19.1 Å². The molecule has 0 radical (unpaired) electrons. The normalized spacial score (nSPS) is 19.3. The van der Waals surface area contributed by atoms with Gasteiger partial charge >= 0.3 is 11.7 Å². The molecule has 1 unspecified atom stereocenters. The van der Waals surface area contributed by atoms with Crippen LogP contribution in [0.4, 0.5) is 5.69 Å². The number of carbonyl (C=O) groups is 3. The Labute approximate surface area is 195 Å². The van der Waals surface area contributed by atoms with Crippen molar-refractivity contribution in [1.29, 1.82) is 0 Å². The summed E-state index contributed by atoms with van der Waals surface area (Å²) in [7, 11) is 0. The fourth-order valence-corrected chi connectivity index (χ4v) is 4.96. The van der Waals surface area contributed by atoms with Gasteiger partial charge in [0, 0.05) is 25.9 Å². The van der Waals surface area contributed by atoms with Gasteiger partial charge in [-0.25, -0.2) is 9.59 Å². The number of aryl methyl sites for hydroxylation is 1. The van der Waals surface area contributed by atoms with Gasteiger partial charge in [-0.15, -0.1) is 6.58 Å². The van der Waals surface area contributed by atoms with Gasteiger partial charge < -0.3 is 14.6 Å². The van der Waals surface area contributed by atoms with Gasteiger partial charge in [0.1, 0.15) is 0 Å². The standard InChI is InChI=1S/C25H24N4O5/c1-2-14-28-22(31)17-8-3-5-10-19(17)29-21(30)12-13-25(28,29)23(32)34-16-7-15-27-20-11-6-4-9-18(20)26-24(27)33/h2-6,8-11H,1,7,12-16H2,(H,26,33). The molecule has 1 fully saturated rings. The number of hydrogen-bond donors (Lipinski definition) is 1. The molecule has 1 saturated heterocycles. The molecule has 34 heavy (non-hydrogen) atoms. The van der Waals surface area contributed by atoms with Crippen LogP contribution in [-0.4, -0.2) is 51.0 Å². The maximum Gasteiger partial charge on any atom is 0.353 e. The van der Waals surface area contributed by atoms with E-state index in [4.69, 9.17) is 4.74 Å². The highest BCUT2D eigenvalue weighted by Gasteiger charge is 2.61. The molecule has 5 rings (SSSR count). The highest BCUT2D eigenvalue weighted by Crippen LogP contribution is 2.45. The molecule has 9 nitrogen and oxygen atoms in total. The first-order chi connectivity index (χ1) is 16.5. The summed E-state index contributed by atoms with van der Waals surface area (Å²) in [6.45, 7) is 4.20. The van der Waals surface area contributed by atoms with Crippen molar-refractivity contribution in [1.82, 2.24) is 14.5 Å². The van der Waals surface area contributed by atoms with E-state index in [1.54, 1.807) is 28.8 Å². The highest BCUT2D eigenvalue weighted by atomic mass is 16.5. The van der Waals surface area contributed by atoms with Crippen molar-refractivity contribution in [2.24, 2.45) is 0 Å². The summed E-state index contributed by atoms with van der Waals surface area (Å²) in [5, 5.41) is 0. The number of nitrogens with one attached hydrogen (secondary N) is 1. The molecule has 0 spiro atoms. The predicted octanol–water partition coefficient (Wildman–Crippen LogP) is 2.43. The van der Waals surface area contributed by atoms with Crippen molar-refractivity contribution in [2.45, 2.75) is 31.5 Å². The van der Waals surface area contributed by atoms with Crippen LogP contribution in [0.25, 0.3) is 11.0 Å². The first kappa shape index (κ1) is 21.7. The number of ether oxygens (including phenoxy) is 1. The molecule has 2 aliphatic heterocycles. The third-order valence-corrected chi connectivity index (χ3v) is 6.45. The number of fused-ring (bicyclic) bond motifs is 4. The maximum absolute atomic E-state index is 13.5. The van der Waals surface area contributed by atoms with E-state index in [1.807, 2.05) is 24.3 Å². The van der Waals surface area contributed by atoms with Gasteiger partial charge in [-0.3, -0.25) is 19.1 Å². The van der Waals surface area contributed by atoms with Gasteiger partial charge in [-0.05, 0) is 30.7 Å². The Hall–Kier alpha value is -4.14. The molecule has 1 aromatic heterocycles. The number of aromatic amines is 1. The van der Waals surface area contributed by atoms with E-state index >= 15 is 0 Å². The van der Waals surface area contributed by atoms with Crippen LogP contribution in [0.5, 0.6) is 0 Å². The number of benzene rings is 2. The second kappa shape index (κ2) is 8.33. The summed E-state index contributed by atoms with van der Waals surface area (Å²) in [5.74, 6) is -1.24.